The van der Waals surface area contributed by atoms with Gasteiger partial charge in [0.2, 0.25) is 0 Å². The van der Waals surface area contributed by atoms with Gasteiger partial charge in [-0.3, -0.25) is 4.79 Å². The van der Waals surface area contributed by atoms with Gasteiger partial charge < -0.3 is 9.47 Å². The molecular formula is C12H15BrN2O3. The van der Waals surface area contributed by atoms with E-state index in [1.165, 1.54) is 7.11 Å². The van der Waals surface area contributed by atoms with Crippen LogP contribution in [-0.2, 0) is 9.53 Å². The Morgan fingerprint density at radius 3 is 2.56 bits per heavy atom. The third kappa shape index (κ3) is 2.80. The minimum atomic E-state index is -0.523. The maximum absolute atomic E-state index is 11.9. The molecule has 1 saturated carbocycles. The fourth-order valence-electron chi connectivity index (χ4n) is 2.25. The summed E-state index contributed by atoms with van der Waals surface area (Å²) in [5.41, 5.74) is -0.523. The number of hydrogen-bond donors (Lipinski definition) is 0. The zero-order valence-electron chi connectivity index (χ0n) is 10.2. The van der Waals surface area contributed by atoms with E-state index >= 15 is 0 Å². The zero-order valence-corrected chi connectivity index (χ0v) is 11.8. The number of hydrogen-bond acceptors (Lipinski definition) is 5. The van der Waals surface area contributed by atoms with Gasteiger partial charge in [-0.25, -0.2) is 9.97 Å². The summed E-state index contributed by atoms with van der Waals surface area (Å²) in [7, 11) is 1.42. The minimum absolute atomic E-state index is 0.197. The van der Waals surface area contributed by atoms with Crippen LogP contribution in [0.2, 0.25) is 0 Å². The Hall–Kier alpha value is -1.17. The summed E-state index contributed by atoms with van der Waals surface area (Å²) in [6.45, 7) is 0.279. The van der Waals surface area contributed by atoms with Crippen LogP contribution in [-0.4, -0.2) is 29.7 Å². The highest BCUT2D eigenvalue weighted by Gasteiger charge is 2.43. The monoisotopic (exact) mass is 314 g/mol. The van der Waals surface area contributed by atoms with Gasteiger partial charge in [0.25, 0.3) is 0 Å². The van der Waals surface area contributed by atoms with Crippen LogP contribution in [0.1, 0.15) is 25.7 Å². The summed E-state index contributed by atoms with van der Waals surface area (Å²) in [5, 5.41) is 0. The van der Waals surface area contributed by atoms with Gasteiger partial charge in [0, 0.05) is 12.4 Å². The molecule has 0 bridgehead atoms. The second-order valence-electron chi connectivity index (χ2n) is 4.45. The molecule has 1 aromatic rings. The van der Waals surface area contributed by atoms with E-state index in [-0.39, 0.29) is 18.6 Å². The molecule has 0 radical (unpaired) electrons. The summed E-state index contributed by atoms with van der Waals surface area (Å²) in [5.74, 6) is -0.197. The highest BCUT2D eigenvalue weighted by Crippen LogP contribution is 2.39. The number of rotatable bonds is 4. The molecule has 0 amide bonds. The van der Waals surface area contributed by atoms with Gasteiger partial charge in [-0.15, -0.1) is 0 Å². The predicted molar refractivity (Wildman–Crippen MR) is 68.1 cm³/mol. The maximum atomic E-state index is 11.9. The second-order valence-corrected chi connectivity index (χ2v) is 5.37. The summed E-state index contributed by atoms with van der Waals surface area (Å²) < 4.78 is 11.2. The first-order valence-corrected chi connectivity index (χ1v) is 6.64. The van der Waals surface area contributed by atoms with Crippen molar-refractivity contribution in [3.8, 4) is 6.01 Å². The first kappa shape index (κ1) is 13.3. The van der Waals surface area contributed by atoms with Gasteiger partial charge in [-0.1, -0.05) is 12.8 Å². The molecule has 0 N–H and O–H groups in total. The standard InChI is InChI=1S/C12H15BrN2O3/c1-17-10(16)12(4-2-3-5-12)8-18-11-14-6-9(13)7-15-11/h6-7H,2-5,8H2,1H3. The largest absolute Gasteiger partial charge is 0.468 e. The van der Waals surface area contributed by atoms with Crippen molar-refractivity contribution in [1.82, 2.24) is 9.97 Å². The molecular weight excluding hydrogens is 300 g/mol. The normalized spacial score (nSPS) is 17.4. The van der Waals surface area contributed by atoms with E-state index in [1.54, 1.807) is 12.4 Å². The number of esters is 1. The fourth-order valence-corrected chi connectivity index (χ4v) is 2.46. The molecule has 0 aliphatic heterocycles. The predicted octanol–water partition coefficient (Wildman–Crippen LogP) is 2.35. The van der Waals surface area contributed by atoms with Gasteiger partial charge in [0.1, 0.15) is 12.0 Å². The zero-order chi connectivity index (χ0) is 13.0. The van der Waals surface area contributed by atoms with Crippen LogP contribution < -0.4 is 4.74 Å². The molecule has 1 fully saturated rings. The molecule has 2 rings (SSSR count). The molecule has 0 atom stereocenters. The lowest BCUT2D eigenvalue weighted by Crippen LogP contribution is -2.35. The third-order valence-corrected chi connectivity index (χ3v) is 3.66. The van der Waals surface area contributed by atoms with Gasteiger partial charge in [0.05, 0.1) is 11.6 Å². The van der Waals surface area contributed by atoms with Crippen molar-refractivity contribution in [2.45, 2.75) is 25.7 Å². The van der Waals surface area contributed by atoms with Gasteiger partial charge in [0.15, 0.2) is 0 Å². The van der Waals surface area contributed by atoms with Crippen molar-refractivity contribution in [3.05, 3.63) is 16.9 Å². The van der Waals surface area contributed by atoms with Crippen molar-refractivity contribution < 1.29 is 14.3 Å². The summed E-state index contributed by atoms with van der Waals surface area (Å²) in [6, 6.07) is 0.286. The lowest BCUT2D eigenvalue weighted by molar-refractivity contribution is -0.154. The van der Waals surface area contributed by atoms with E-state index in [4.69, 9.17) is 9.47 Å². The molecule has 1 aliphatic rings. The van der Waals surface area contributed by atoms with Gasteiger partial charge >= 0.3 is 12.0 Å². The molecule has 5 nitrogen and oxygen atoms in total. The second kappa shape index (κ2) is 5.65. The fraction of sp³-hybridized carbons (Fsp3) is 0.583. The summed E-state index contributed by atoms with van der Waals surface area (Å²) in [4.78, 5) is 19.9. The van der Waals surface area contributed by atoms with Crippen LogP contribution in [0.5, 0.6) is 6.01 Å². The molecule has 1 heterocycles. The Morgan fingerprint density at radius 2 is 2.00 bits per heavy atom. The summed E-state index contributed by atoms with van der Waals surface area (Å²) in [6.07, 6.45) is 6.88. The van der Waals surface area contributed by atoms with Crippen LogP contribution in [0, 0.1) is 5.41 Å². The average Bonchev–Trinajstić information content (AvgIpc) is 2.87. The van der Waals surface area contributed by atoms with Crippen molar-refractivity contribution in [3.63, 3.8) is 0 Å². The van der Waals surface area contributed by atoms with E-state index in [1.807, 2.05) is 0 Å². The van der Waals surface area contributed by atoms with Gasteiger partial charge in [-0.2, -0.15) is 0 Å². The van der Waals surface area contributed by atoms with Crippen LogP contribution in [0.4, 0.5) is 0 Å². The van der Waals surface area contributed by atoms with E-state index < -0.39 is 5.41 Å². The number of ether oxygens (including phenoxy) is 2. The number of halogens is 1. The minimum Gasteiger partial charge on any atom is -0.468 e. The molecule has 1 aliphatic carbocycles. The molecule has 0 unspecified atom stereocenters. The Morgan fingerprint density at radius 1 is 1.39 bits per heavy atom. The Balaban J connectivity index is 2.02. The Labute approximate surface area is 114 Å². The quantitative estimate of drug-likeness (QED) is 0.798. The molecule has 98 valence electrons. The highest BCUT2D eigenvalue weighted by atomic mass is 79.9. The van der Waals surface area contributed by atoms with E-state index in [0.717, 1.165) is 30.2 Å². The third-order valence-electron chi connectivity index (χ3n) is 3.25. The Kier molecular flexibility index (Phi) is 4.16. The first-order valence-electron chi connectivity index (χ1n) is 5.85. The van der Waals surface area contributed by atoms with Gasteiger partial charge in [-0.05, 0) is 28.8 Å². The topological polar surface area (TPSA) is 61.3 Å². The lowest BCUT2D eigenvalue weighted by atomic mass is 9.87. The smallest absolute Gasteiger partial charge is 0.316 e. The number of carbonyl (C=O) groups is 1. The maximum Gasteiger partial charge on any atom is 0.316 e. The van der Waals surface area contributed by atoms with Crippen molar-refractivity contribution in [2.75, 3.05) is 13.7 Å². The molecule has 1 aromatic heterocycles. The molecule has 0 spiro atoms. The first-order chi connectivity index (χ1) is 8.66. The van der Waals surface area contributed by atoms with Crippen molar-refractivity contribution in [1.29, 1.82) is 0 Å². The number of carbonyl (C=O) groups excluding carboxylic acids is 1. The van der Waals surface area contributed by atoms with Crippen molar-refractivity contribution >= 4 is 21.9 Å². The summed E-state index contributed by atoms with van der Waals surface area (Å²) >= 11 is 3.25. The van der Waals surface area contributed by atoms with Crippen LogP contribution in [0.15, 0.2) is 16.9 Å². The van der Waals surface area contributed by atoms with E-state index in [0.29, 0.717) is 0 Å². The molecule has 0 saturated heterocycles. The van der Waals surface area contributed by atoms with Crippen LogP contribution >= 0.6 is 15.9 Å². The molecule has 6 heteroatoms. The Bertz CT molecular complexity index is 416. The molecule has 0 aromatic carbocycles. The molecule has 18 heavy (non-hydrogen) atoms. The average molecular weight is 315 g/mol. The van der Waals surface area contributed by atoms with E-state index in [2.05, 4.69) is 25.9 Å². The number of nitrogens with zero attached hydrogens (tertiary/aromatic N) is 2. The SMILES string of the molecule is COC(=O)C1(COc2ncc(Br)cn2)CCCC1. The number of methoxy groups -OCH3 is 1. The highest BCUT2D eigenvalue weighted by molar-refractivity contribution is 9.10. The van der Waals surface area contributed by atoms with Crippen molar-refractivity contribution in [2.24, 2.45) is 5.41 Å². The van der Waals surface area contributed by atoms with Crippen LogP contribution in [0.3, 0.4) is 0 Å². The van der Waals surface area contributed by atoms with E-state index in [9.17, 15) is 4.79 Å². The van der Waals surface area contributed by atoms with Crippen LogP contribution in [0.25, 0.3) is 0 Å². The number of aromatic nitrogens is 2. The lowest BCUT2D eigenvalue weighted by Gasteiger charge is -2.24.